The molecule has 0 radical (unpaired) electrons. The summed E-state index contributed by atoms with van der Waals surface area (Å²) < 4.78 is 83.1. The second-order valence-corrected chi connectivity index (χ2v) is 9.61. The van der Waals surface area contributed by atoms with E-state index < -0.39 is 52.9 Å². The number of nitrogens with one attached hydrogen (secondary N) is 1. The molecule has 0 aliphatic heterocycles. The van der Waals surface area contributed by atoms with E-state index in [0.29, 0.717) is 12.1 Å². The summed E-state index contributed by atoms with van der Waals surface area (Å²) in [5, 5.41) is 4.70. The molecule has 0 spiro atoms. The second-order valence-electron chi connectivity index (χ2n) is 4.13. The Morgan fingerprint density at radius 1 is 1.14 bits per heavy atom. The molecular formula is C9H13FN2O6S3. The molecule has 1 aromatic rings. The molecule has 0 aromatic heterocycles. The Kier molecular flexibility index (Phi) is 5.10. The monoisotopic (exact) mass is 360 g/mol. The van der Waals surface area contributed by atoms with E-state index in [0.717, 1.165) is 12.3 Å². The standard InChI is InChI=1S/C9H13FN2O6S3/c1-19(13,14)7-2-3-8(10)9(6-7)21(17,18)12-4-5-20(11,15)16/h2-3,6,12H,4-5H2,1H3,(H2,11,15,16). The van der Waals surface area contributed by atoms with Gasteiger partial charge in [0.2, 0.25) is 20.0 Å². The van der Waals surface area contributed by atoms with E-state index in [2.05, 4.69) is 0 Å². The number of benzene rings is 1. The van der Waals surface area contributed by atoms with Gasteiger partial charge in [-0.25, -0.2) is 39.5 Å². The molecule has 0 heterocycles. The van der Waals surface area contributed by atoms with Crippen LogP contribution in [0.1, 0.15) is 0 Å². The smallest absolute Gasteiger partial charge is 0.229 e. The van der Waals surface area contributed by atoms with Gasteiger partial charge in [0.1, 0.15) is 10.7 Å². The van der Waals surface area contributed by atoms with Crippen LogP contribution in [0.15, 0.2) is 28.0 Å². The summed E-state index contributed by atoms with van der Waals surface area (Å²) >= 11 is 0. The van der Waals surface area contributed by atoms with Gasteiger partial charge >= 0.3 is 0 Å². The summed E-state index contributed by atoms with van der Waals surface area (Å²) in [7, 11) is -12.0. The van der Waals surface area contributed by atoms with E-state index in [1.807, 2.05) is 4.72 Å². The third-order valence-electron chi connectivity index (χ3n) is 2.30. The highest BCUT2D eigenvalue weighted by Gasteiger charge is 2.22. The number of hydrogen-bond acceptors (Lipinski definition) is 6. The number of sulfone groups is 1. The summed E-state index contributed by atoms with van der Waals surface area (Å²) in [5.41, 5.74) is 0. The Morgan fingerprint density at radius 3 is 2.19 bits per heavy atom. The normalized spacial score (nSPS) is 13.3. The van der Waals surface area contributed by atoms with Gasteiger partial charge in [0.25, 0.3) is 0 Å². The first-order valence-corrected chi connectivity index (χ1v) is 10.4. The lowest BCUT2D eigenvalue weighted by molar-refractivity contribution is 0.556. The van der Waals surface area contributed by atoms with Gasteiger partial charge in [-0.1, -0.05) is 0 Å². The zero-order valence-corrected chi connectivity index (χ0v) is 13.2. The first kappa shape index (κ1) is 18.0. The van der Waals surface area contributed by atoms with Gasteiger partial charge in [0.15, 0.2) is 9.84 Å². The number of nitrogens with two attached hydrogens (primary N) is 1. The predicted molar refractivity (Wildman–Crippen MR) is 72.7 cm³/mol. The van der Waals surface area contributed by atoms with E-state index in [1.54, 1.807) is 0 Å². The Morgan fingerprint density at radius 2 is 1.71 bits per heavy atom. The van der Waals surface area contributed by atoms with Crippen molar-refractivity contribution in [2.24, 2.45) is 5.14 Å². The Bertz CT molecular complexity index is 845. The summed E-state index contributed by atoms with van der Waals surface area (Å²) in [4.78, 5) is -1.27. The molecule has 8 nitrogen and oxygen atoms in total. The maximum absolute atomic E-state index is 13.6. The molecule has 120 valence electrons. The average molecular weight is 360 g/mol. The van der Waals surface area contributed by atoms with Crippen molar-refractivity contribution < 1.29 is 29.6 Å². The van der Waals surface area contributed by atoms with Gasteiger partial charge < -0.3 is 0 Å². The molecule has 1 aromatic carbocycles. The van der Waals surface area contributed by atoms with Crippen molar-refractivity contribution in [1.82, 2.24) is 4.72 Å². The highest BCUT2D eigenvalue weighted by atomic mass is 32.2. The SMILES string of the molecule is CS(=O)(=O)c1ccc(F)c(S(=O)(=O)NCCS(N)(=O)=O)c1. The van der Waals surface area contributed by atoms with E-state index in [1.165, 1.54) is 0 Å². The van der Waals surface area contributed by atoms with Gasteiger partial charge in [0.05, 0.1) is 10.6 Å². The van der Waals surface area contributed by atoms with Crippen molar-refractivity contribution in [3.63, 3.8) is 0 Å². The van der Waals surface area contributed by atoms with Gasteiger partial charge in [-0.05, 0) is 18.2 Å². The topological polar surface area (TPSA) is 140 Å². The van der Waals surface area contributed by atoms with E-state index >= 15 is 0 Å². The summed E-state index contributed by atoms with van der Waals surface area (Å²) in [6.45, 7) is -0.566. The van der Waals surface area contributed by atoms with Crippen LogP contribution in [0.5, 0.6) is 0 Å². The highest BCUT2D eigenvalue weighted by Crippen LogP contribution is 2.19. The zero-order chi connectivity index (χ0) is 16.5. The van der Waals surface area contributed by atoms with E-state index in [9.17, 15) is 29.6 Å². The predicted octanol–water partition coefficient (Wildman–Crippen LogP) is -1.20. The lowest BCUT2D eigenvalue weighted by Gasteiger charge is -2.08. The quantitative estimate of drug-likeness (QED) is 0.610. The average Bonchev–Trinajstić information content (AvgIpc) is 2.25. The molecular weight excluding hydrogens is 347 g/mol. The fraction of sp³-hybridized carbons (Fsp3) is 0.333. The fourth-order valence-electron chi connectivity index (χ4n) is 1.32. The first-order chi connectivity index (χ1) is 9.33. The minimum atomic E-state index is -4.41. The van der Waals surface area contributed by atoms with Crippen LogP contribution in [0, 0.1) is 5.82 Å². The molecule has 0 bridgehead atoms. The maximum atomic E-state index is 13.6. The molecule has 0 aliphatic rings. The minimum Gasteiger partial charge on any atom is -0.229 e. The van der Waals surface area contributed by atoms with Crippen LogP contribution in [-0.2, 0) is 29.9 Å². The van der Waals surface area contributed by atoms with Crippen LogP contribution in [0.3, 0.4) is 0 Å². The van der Waals surface area contributed by atoms with Crippen LogP contribution in [0.2, 0.25) is 0 Å². The molecule has 0 saturated carbocycles. The summed E-state index contributed by atoms with van der Waals surface area (Å²) in [6, 6.07) is 2.28. The molecule has 0 unspecified atom stereocenters. The van der Waals surface area contributed by atoms with Crippen LogP contribution < -0.4 is 9.86 Å². The molecule has 0 fully saturated rings. The van der Waals surface area contributed by atoms with Crippen LogP contribution in [0.4, 0.5) is 4.39 Å². The summed E-state index contributed by atoms with van der Waals surface area (Å²) in [6.07, 6.45) is 0.838. The number of primary sulfonamides is 1. The van der Waals surface area contributed by atoms with Gasteiger partial charge in [-0.3, -0.25) is 0 Å². The number of hydrogen-bond donors (Lipinski definition) is 2. The summed E-state index contributed by atoms with van der Waals surface area (Å²) in [5.74, 6) is -1.84. The van der Waals surface area contributed by atoms with Crippen LogP contribution in [-0.4, -0.2) is 43.8 Å². The lowest BCUT2D eigenvalue weighted by atomic mass is 10.3. The molecule has 0 aliphatic carbocycles. The third kappa shape index (κ3) is 5.32. The Balaban J connectivity index is 3.14. The van der Waals surface area contributed by atoms with Gasteiger partial charge in [-0.2, -0.15) is 0 Å². The van der Waals surface area contributed by atoms with Crippen molar-refractivity contribution in [1.29, 1.82) is 0 Å². The first-order valence-electron chi connectivity index (χ1n) is 5.33. The zero-order valence-electron chi connectivity index (χ0n) is 10.8. The van der Waals surface area contributed by atoms with Crippen molar-refractivity contribution in [2.45, 2.75) is 9.79 Å². The molecule has 0 saturated heterocycles. The van der Waals surface area contributed by atoms with Crippen molar-refractivity contribution >= 4 is 29.9 Å². The van der Waals surface area contributed by atoms with E-state index in [4.69, 9.17) is 5.14 Å². The van der Waals surface area contributed by atoms with Crippen LogP contribution in [0.25, 0.3) is 0 Å². The largest absolute Gasteiger partial charge is 0.243 e. The second kappa shape index (κ2) is 5.96. The molecule has 12 heteroatoms. The molecule has 0 amide bonds. The Labute approximate surface area is 122 Å². The highest BCUT2D eigenvalue weighted by molar-refractivity contribution is 7.91. The third-order valence-corrected chi connectivity index (χ3v) is 5.66. The minimum absolute atomic E-state index is 0.379. The van der Waals surface area contributed by atoms with Gasteiger partial charge in [-0.15, -0.1) is 0 Å². The van der Waals surface area contributed by atoms with Crippen molar-refractivity contribution in [2.75, 3.05) is 18.6 Å². The lowest BCUT2D eigenvalue weighted by Crippen LogP contribution is -2.32. The van der Waals surface area contributed by atoms with Crippen molar-refractivity contribution in [3.8, 4) is 0 Å². The fourth-order valence-corrected chi connectivity index (χ4v) is 3.69. The number of sulfonamides is 2. The molecule has 3 N–H and O–H groups in total. The molecule has 21 heavy (non-hydrogen) atoms. The van der Waals surface area contributed by atoms with Gasteiger partial charge in [0, 0.05) is 12.8 Å². The van der Waals surface area contributed by atoms with Crippen LogP contribution >= 0.6 is 0 Å². The maximum Gasteiger partial charge on any atom is 0.243 e. The number of halogens is 1. The number of rotatable bonds is 6. The van der Waals surface area contributed by atoms with E-state index in [-0.39, 0.29) is 4.90 Å². The Hall–Kier alpha value is -1.08. The molecule has 1 rings (SSSR count). The molecule has 0 atom stereocenters. The van der Waals surface area contributed by atoms with Crippen molar-refractivity contribution in [3.05, 3.63) is 24.0 Å².